The summed E-state index contributed by atoms with van der Waals surface area (Å²) < 4.78 is 5.93. The molecule has 0 unspecified atom stereocenters. The van der Waals surface area contributed by atoms with Crippen molar-refractivity contribution in [2.75, 3.05) is 0 Å². The van der Waals surface area contributed by atoms with Crippen LogP contribution in [0.1, 0.15) is 16.8 Å². The van der Waals surface area contributed by atoms with Gasteiger partial charge in [-0.2, -0.15) is 0 Å². The van der Waals surface area contributed by atoms with Gasteiger partial charge in [-0.15, -0.1) is 0 Å². The van der Waals surface area contributed by atoms with E-state index in [9.17, 15) is 5.21 Å². The van der Waals surface area contributed by atoms with E-state index in [1.165, 1.54) is 0 Å². The highest BCUT2D eigenvalue weighted by atomic mass is 35.5. The van der Waals surface area contributed by atoms with Crippen LogP contribution < -0.4 is 4.74 Å². The van der Waals surface area contributed by atoms with Crippen molar-refractivity contribution in [1.82, 2.24) is 4.98 Å². The summed E-state index contributed by atoms with van der Waals surface area (Å²) >= 11 is 6.19. The Morgan fingerprint density at radius 3 is 2.50 bits per heavy atom. The molecule has 0 fully saturated rings. The quantitative estimate of drug-likeness (QED) is 0.312. The summed E-state index contributed by atoms with van der Waals surface area (Å²) in [5.74, 6) is 0.713. The average Bonchev–Trinajstić information content (AvgIpc) is 2.75. The third-order valence-electron chi connectivity index (χ3n) is 3.92. The molecule has 0 spiro atoms. The molecule has 3 rings (SSSR count). The van der Waals surface area contributed by atoms with E-state index in [0.29, 0.717) is 23.1 Å². The number of allylic oxidation sites excluding steroid dienone is 2. The number of para-hydroxylation sites is 1. The van der Waals surface area contributed by atoms with E-state index in [0.717, 1.165) is 16.8 Å². The minimum atomic E-state index is 0.366. The SMILES string of the molecule is ON=C(C=Cc1ccccn1)C=Cc1ccccc1OCc1ccccc1Cl. The highest BCUT2D eigenvalue weighted by molar-refractivity contribution is 6.31. The molecule has 2 aromatic carbocycles. The Hall–Kier alpha value is -3.37. The number of benzene rings is 2. The number of hydrogen-bond acceptors (Lipinski definition) is 4. The van der Waals surface area contributed by atoms with E-state index in [2.05, 4.69) is 10.1 Å². The predicted molar refractivity (Wildman–Crippen MR) is 114 cm³/mol. The molecule has 1 heterocycles. The lowest BCUT2D eigenvalue weighted by atomic mass is 10.1. The van der Waals surface area contributed by atoms with Gasteiger partial charge in [0.25, 0.3) is 0 Å². The fourth-order valence-electron chi connectivity index (χ4n) is 2.46. The van der Waals surface area contributed by atoms with Gasteiger partial charge in [-0.05, 0) is 48.6 Å². The van der Waals surface area contributed by atoms with Gasteiger partial charge in [-0.1, -0.05) is 59.2 Å². The Morgan fingerprint density at radius 1 is 0.964 bits per heavy atom. The molecule has 28 heavy (non-hydrogen) atoms. The van der Waals surface area contributed by atoms with Crippen LogP contribution in [-0.4, -0.2) is 15.9 Å². The molecule has 3 aromatic rings. The number of nitrogens with zero attached hydrogens (tertiary/aromatic N) is 2. The number of pyridine rings is 1. The molecular weight excluding hydrogens is 372 g/mol. The van der Waals surface area contributed by atoms with Crippen LogP contribution in [0.5, 0.6) is 5.75 Å². The summed E-state index contributed by atoms with van der Waals surface area (Å²) in [5, 5.41) is 13.2. The average molecular weight is 391 g/mol. The van der Waals surface area contributed by atoms with Crippen LogP contribution in [0.4, 0.5) is 0 Å². The van der Waals surface area contributed by atoms with Gasteiger partial charge >= 0.3 is 0 Å². The standard InChI is InChI=1S/C23H19ClN2O2/c24-22-10-3-1-8-19(22)17-28-23-11-4-2-7-18(23)12-13-21(26-27)15-14-20-9-5-6-16-25-20/h1-16,27H,17H2. The lowest BCUT2D eigenvalue weighted by Gasteiger charge is -2.10. The Kier molecular flexibility index (Phi) is 6.99. The molecule has 0 aliphatic rings. The van der Waals surface area contributed by atoms with Crippen LogP contribution in [-0.2, 0) is 6.61 Å². The first kappa shape index (κ1) is 19.4. The molecule has 0 aliphatic heterocycles. The zero-order chi connectivity index (χ0) is 19.6. The number of oxime groups is 1. The van der Waals surface area contributed by atoms with Crippen molar-refractivity contribution < 1.29 is 9.94 Å². The van der Waals surface area contributed by atoms with Crippen LogP contribution in [0.15, 0.2) is 90.2 Å². The Bertz CT molecular complexity index is 998. The van der Waals surface area contributed by atoms with Crippen molar-refractivity contribution >= 4 is 29.5 Å². The monoisotopic (exact) mass is 390 g/mol. The van der Waals surface area contributed by atoms with E-state index < -0.39 is 0 Å². The van der Waals surface area contributed by atoms with Crippen LogP contribution >= 0.6 is 11.6 Å². The van der Waals surface area contributed by atoms with Crippen molar-refractivity contribution in [1.29, 1.82) is 0 Å². The molecule has 0 saturated carbocycles. The van der Waals surface area contributed by atoms with Gasteiger partial charge in [0, 0.05) is 22.3 Å². The van der Waals surface area contributed by atoms with Gasteiger partial charge < -0.3 is 9.94 Å². The third kappa shape index (κ3) is 5.56. The zero-order valence-corrected chi connectivity index (χ0v) is 15.8. The van der Waals surface area contributed by atoms with Crippen molar-refractivity contribution in [2.45, 2.75) is 6.61 Å². The number of halogens is 1. The summed E-state index contributed by atoms with van der Waals surface area (Å²) in [5.41, 5.74) is 2.95. The molecule has 0 atom stereocenters. The minimum absolute atomic E-state index is 0.366. The van der Waals surface area contributed by atoms with E-state index in [1.54, 1.807) is 24.4 Å². The van der Waals surface area contributed by atoms with Gasteiger partial charge in [0.05, 0.1) is 5.69 Å². The van der Waals surface area contributed by atoms with Gasteiger partial charge in [0.1, 0.15) is 18.1 Å². The fraction of sp³-hybridized carbons (Fsp3) is 0.0435. The van der Waals surface area contributed by atoms with Gasteiger partial charge in [0.15, 0.2) is 0 Å². The Balaban J connectivity index is 1.71. The maximum absolute atomic E-state index is 9.25. The molecule has 0 bridgehead atoms. The summed E-state index contributed by atoms with van der Waals surface area (Å²) in [7, 11) is 0. The topological polar surface area (TPSA) is 54.7 Å². The van der Waals surface area contributed by atoms with Crippen LogP contribution in [0, 0.1) is 0 Å². The second kappa shape index (κ2) is 10.1. The van der Waals surface area contributed by atoms with Crippen LogP contribution in [0.2, 0.25) is 5.02 Å². The lowest BCUT2D eigenvalue weighted by Crippen LogP contribution is -1.97. The Labute approximate surface area is 169 Å². The minimum Gasteiger partial charge on any atom is -0.488 e. The molecule has 5 heteroatoms. The number of aromatic nitrogens is 1. The van der Waals surface area contributed by atoms with Gasteiger partial charge in [-0.3, -0.25) is 4.98 Å². The molecule has 0 aliphatic carbocycles. The summed E-state index contributed by atoms with van der Waals surface area (Å²) in [4.78, 5) is 4.20. The Morgan fingerprint density at radius 2 is 1.71 bits per heavy atom. The molecule has 0 amide bonds. The smallest absolute Gasteiger partial charge is 0.127 e. The van der Waals surface area contributed by atoms with E-state index >= 15 is 0 Å². The molecule has 140 valence electrons. The molecule has 1 N–H and O–H groups in total. The lowest BCUT2D eigenvalue weighted by molar-refractivity contribution is 0.305. The van der Waals surface area contributed by atoms with Crippen molar-refractivity contribution in [3.63, 3.8) is 0 Å². The van der Waals surface area contributed by atoms with E-state index in [4.69, 9.17) is 16.3 Å². The van der Waals surface area contributed by atoms with Gasteiger partial charge in [0.2, 0.25) is 0 Å². The van der Waals surface area contributed by atoms with E-state index in [1.807, 2.05) is 72.8 Å². The first-order chi connectivity index (χ1) is 13.8. The number of rotatable bonds is 7. The second-order valence-electron chi connectivity index (χ2n) is 5.86. The van der Waals surface area contributed by atoms with Crippen molar-refractivity contribution in [3.8, 4) is 5.75 Å². The second-order valence-corrected chi connectivity index (χ2v) is 6.27. The van der Waals surface area contributed by atoms with E-state index in [-0.39, 0.29) is 0 Å². The normalized spacial score (nSPS) is 12.0. The fourth-order valence-corrected chi connectivity index (χ4v) is 2.65. The van der Waals surface area contributed by atoms with Crippen molar-refractivity contribution in [3.05, 3.63) is 107 Å². The third-order valence-corrected chi connectivity index (χ3v) is 4.29. The molecule has 0 radical (unpaired) electrons. The highest BCUT2D eigenvalue weighted by Gasteiger charge is 2.03. The predicted octanol–water partition coefficient (Wildman–Crippen LogP) is 5.87. The zero-order valence-electron chi connectivity index (χ0n) is 15.1. The number of ether oxygens (including phenoxy) is 1. The maximum Gasteiger partial charge on any atom is 0.127 e. The first-order valence-corrected chi connectivity index (χ1v) is 9.08. The van der Waals surface area contributed by atoms with Crippen molar-refractivity contribution in [2.24, 2.45) is 5.16 Å². The first-order valence-electron chi connectivity index (χ1n) is 8.71. The molecule has 1 aromatic heterocycles. The summed E-state index contributed by atoms with van der Waals surface area (Å²) in [6.45, 7) is 0.366. The van der Waals surface area contributed by atoms with Gasteiger partial charge in [-0.25, -0.2) is 0 Å². The molecular formula is C23H19ClN2O2. The molecule has 4 nitrogen and oxygen atoms in total. The highest BCUT2D eigenvalue weighted by Crippen LogP contribution is 2.23. The summed E-state index contributed by atoms with van der Waals surface area (Å²) in [6, 6.07) is 20.8. The largest absolute Gasteiger partial charge is 0.488 e. The summed E-state index contributed by atoms with van der Waals surface area (Å²) in [6.07, 6.45) is 8.71. The maximum atomic E-state index is 9.25. The molecule has 0 saturated heterocycles. The number of hydrogen-bond donors (Lipinski definition) is 1. The van der Waals surface area contributed by atoms with Crippen LogP contribution in [0.3, 0.4) is 0 Å². The van der Waals surface area contributed by atoms with Crippen LogP contribution in [0.25, 0.3) is 12.2 Å².